The molecule has 0 radical (unpaired) electrons. The molecule has 92 valence electrons. The van der Waals surface area contributed by atoms with Crippen LogP contribution in [0.2, 0.25) is 0 Å². The SMILES string of the molecule is CCOC(=O)C1(COc2ccc(Br)cc2)CC1. The Morgan fingerprint density at radius 2 is 2.00 bits per heavy atom. The second kappa shape index (κ2) is 5.08. The summed E-state index contributed by atoms with van der Waals surface area (Å²) in [6.07, 6.45) is 1.73. The van der Waals surface area contributed by atoms with E-state index in [1.807, 2.05) is 31.2 Å². The Hall–Kier alpha value is -1.03. The van der Waals surface area contributed by atoms with Crippen LogP contribution >= 0.6 is 15.9 Å². The van der Waals surface area contributed by atoms with Crippen LogP contribution in [-0.4, -0.2) is 19.2 Å². The molecule has 2 rings (SSSR count). The third kappa shape index (κ3) is 3.00. The summed E-state index contributed by atoms with van der Waals surface area (Å²) >= 11 is 3.36. The molecule has 1 aromatic carbocycles. The second-order valence-electron chi connectivity index (χ2n) is 4.24. The van der Waals surface area contributed by atoms with E-state index in [-0.39, 0.29) is 11.4 Å². The van der Waals surface area contributed by atoms with Crippen molar-refractivity contribution in [1.82, 2.24) is 0 Å². The van der Waals surface area contributed by atoms with Crippen LogP contribution in [0.5, 0.6) is 5.75 Å². The maximum absolute atomic E-state index is 11.7. The van der Waals surface area contributed by atoms with E-state index in [9.17, 15) is 4.79 Å². The molecule has 17 heavy (non-hydrogen) atoms. The maximum atomic E-state index is 11.7. The quantitative estimate of drug-likeness (QED) is 0.783. The van der Waals surface area contributed by atoms with E-state index in [1.54, 1.807) is 0 Å². The molecule has 1 aliphatic rings. The van der Waals surface area contributed by atoms with Gasteiger partial charge in [-0.3, -0.25) is 4.79 Å². The molecule has 0 amide bonds. The molecule has 3 nitrogen and oxygen atoms in total. The Morgan fingerprint density at radius 3 is 2.53 bits per heavy atom. The highest BCUT2D eigenvalue weighted by Gasteiger charge is 2.52. The number of carbonyl (C=O) groups is 1. The second-order valence-corrected chi connectivity index (χ2v) is 5.16. The lowest BCUT2D eigenvalue weighted by Crippen LogP contribution is -2.25. The normalized spacial score (nSPS) is 16.4. The first-order valence-electron chi connectivity index (χ1n) is 5.72. The number of halogens is 1. The molecule has 0 aromatic heterocycles. The zero-order valence-corrected chi connectivity index (χ0v) is 11.3. The standard InChI is InChI=1S/C13H15BrO3/c1-2-16-12(15)13(7-8-13)9-17-11-5-3-10(14)4-6-11/h3-6H,2,7-9H2,1H3. The van der Waals surface area contributed by atoms with Crippen LogP contribution in [0.4, 0.5) is 0 Å². The van der Waals surface area contributed by atoms with E-state index in [4.69, 9.17) is 9.47 Å². The molecular formula is C13H15BrO3. The minimum Gasteiger partial charge on any atom is -0.492 e. The highest BCUT2D eigenvalue weighted by molar-refractivity contribution is 9.10. The summed E-state index contributed by atoms with van der Waals surface area (Å²) < 4.78 is 11.7. The van der Waals surface area contributed by atoms with Crippen LogP contribution in [0.25, 0.3) is 0 Å². The lowest BCUT2D eigenvalue weighted by Gasteiger charge is -2.14. The topological polar surface area (TPSA) is 35.5 Å². The van der Waals surface area contributed by atoms with Crippen LogP contribution in [0, 0.1) is 5.41 Å². The van der Waals surface area contributed by atoms with Gasteiger partial charge in [0.05, 0.1) is 6.61 Å². The fourth-order valence-corrected chi connectivity index (χ4v) is 1.86. The zero-order chi connectivity index (χ0) is 12.3. The van der Waals surface area contributed by atoms with Gasteiger partial charge >= 0.3 is 5.97 Å². The average molecular weight is 299 g/mol. The van der Waals surface area contributed by atoms with Gasteiger partial charge in [0.1, 0.15) is 17.8 Å². The van der Waals surface area contributed by atoms with Crippen molar-refractivity contribution in [2.75, 3.05) is 13.2 Å². The predicted molar refractivity (Wildman–Crippen MR) is 67.9 cm³/mol. The molecule has 0 saturated heterocycles. The Labute approximate surface area is 109 Å². The van der Waals surface area contributed by atoms with Gasteiger partial charge in [-0.05, 0) is 44.0 Å². The van der Waals surface area contributed by atoms with E-state index in [2.05, 4.69) is 15.9 Å². The Balaban J connectivity index is 1.90. The fraction of sp³-hybridized carbons (Fsp3) is 0.462. The molecule has 0 heterocycles. The number of benzene rings is 1. The van der Waals surface area contributed by atoms with Gasteiger partial charge in [0.15, 0.2) is 0 Å². The number of ether oxygens (including phenoxy) is 2. The summed E-state index contributed by atoms with van der Waals surface area (Å²) in [5, 5.41) is 0. The van der Waals surface area contributed by atoms with Crippen LogP contribution < -0.4 is 4.74 Å². The minimum atomic E-state index is -0.386. The smallest absolute Gasteiger partial charge is 0.315 e. The Bertz CT molecular complexity index is 396. The largest absolute Gasteiger partial charge is 0.492 e. The van der Waals surface area contributed by atoms with Crippen molar-refractivity contribution < 1.29 is 14.3 Å². The van der Waals surface area contributed by atoms with E-state index in [0.717, 1.165) is 23.1 Å². The van der Waals surface area contributed by atoms with Crippen LogP contribution in [0.1, 0.15) is 19.8 Å². The van der Waals surface area contributed by atoms with Crippen molar-refractivity contribution in [2.45, 2.75) is 19.8 Å². The Kier molecular flexibility index (Phi) is 3.72. The van der Waals surface area contributed by atoms with Gasteiger partial charge in [0.2, 0.25) is 0 Å². The third-order valence-electron chi connectivity index (χ3n) is 2.89. The van der Waals surface area contributed by atoms with Gasteiger partial charge in [-0.25, -0.2) is 0 Å². The number of rotatable bonds is 5. The average Bonchev–Trinajstić information content (AvgIpc) is 3.10. The highest BCUT2D eigenvalue weighted by atomic mass is 79.9. The molecule has 0 atom stereocenters. The number of hydrogen-bond donors (Lipinski definition) is 0. The van der Waals surface area contributed by atoms with Gasteiger partial charge in [0.25, 0.3) is 0 Å². The van der Waals surface area contributed by atoms with Crippen LogP contribution in [-0.2, 0) is 9.53 Å². The molecule has 1 fully saturated rings. The van der Waals surface area contributed by atoms with E-state index in [1.165, 1.54) is 0 Å². The molecule has 1 aliphatic carbocycles. The molecule has 0 N–H and O–H groups in total. The summed E-state index contributed by atoms with van der Waals surface area (Å²) in [6, 6.07) is 7.59. The lowest BCUT2D eigenvalue weighted by atomic mass is 10.1. The fourth-order valence-electron chi connectivity index (χ4n) is 1.59. The zero-order valence-electron chi connectivity index (χ0n) is 9.74. The van der Waals surface area contributed by atoms with Gasteiger partial charge in [-0.2, -0.15) is 0 Å². The molecule has 4 heteroatoms. The lowest BCUT2D eigenvalue weighted by molar-refractivity contribution is -0.150. The van der Waals surface area contributed by atoms with Crippen molar-refractivity contribution in [2.24, 2.45) is 5.41 Å². The molecule has 1 aromatic rings. The molecule has 0 unspecified atom stereocenters. The molecule has 0 bridgehead atoms. The van der Waals surface area contributed by atoms with Crippen molar-refractivity contribution >= 4 is 21.9 Å². The van der Waals surface area contributed by atoms with Gasteiger partial charge in [-0.15, -0.1) is 0 Å². The van der Waals surface area contributed by atoms with Crippen molar-refractivity contribution in [3.63, 3.8) is 0 Å². The minimum absolute atomic E-state index is 0.128. The maximum Gasteiger partial charge on any atom is 0.315 e. The first-order chi connectivity index (χ1) is 8.16. The summed E-state index contributed by atoms with van der Waals surface area (Å²) in [7, 11) is 0. The summed E-state index contributed by atoms with van der Waals surface area (Å²) in [5.41, 5.74) is -0.386. The van der Waals surface area contributed by atoms with Crippen LogP contribution in [0.3, 0.4) is 0 Å². The highest BCUT2D eigenvalue weighted by Crippen LogP contribution is 2.47. The number of carbonyl (C=O) groups excluding carboxylic acids is 1. The van der Waals surface area contributed by atoms with Gasteiger partial charge in [-0.1, -0.05) is 15.9 Å². The van der Waals surface area contributed by atoms with E-state index < -0.39 is 0 Å². The van der Waals surface area contributed by atoms with Crippen molar-refractivity contribution in [3.05, 3.63) is 28.7 Å². The molecular weight excluding hydrogens is 284 g/mol. The first-order valence-corrected chi connectivity index (χ1v) is 6.51. The summed E-state index contributed by atoms with van der Waals surface area (Å²) in [5.74, 6) is 0.654. The van der Waals surface area contributed by atoms with E-state index >= 15 is 0 Å². The summed E-state index contributed by atoms with van der Waals surface area (Å²) in [4.78, 5) is 11.7. The van der Waals surface area contributed by atoms with E-state index in [0.29, 0.717) is 13.2 Å². The molecule has 1 saturated carbocycles. The monoisotopic (exact) mass is 298 g/mol. The number of hydrogen-bond acceptors (Lipinski definition) is 3. The van der Waals surface area contributed by atoms with Crippen LogP contribution in [0.15, 0.2) is 28.7 Å². The first kappa shape index (κ1) is 12.4. The van der Waals surface area contributed by atoms with Gasteiger partial charge < -0.3 is 9.47 Å². The van der Waals surface area contributed by atoms with Gasteiger partial charge in [0, 0.05) is 4.47 Å². The molecule has 0 spiro atoms. The summed E-state index contributed by atoms with van der Waals surface area (Å²) in [6.45, 7) is 2.66. The van der Waals surface area contributed by atoms with Crippen molar-refractivity contribution in [1.29, 1.82) is 0 Å². The van der Waals surface area contributed by atoms with Crippen molar-refractivity contribution in [3.8, 4) is 5.75 Å². The number of esters is 1. The predicted octanol–water partition coefficient (Wildman–Crippen LogP) is 3.17. The third-order valence-corrected chi connectivity index (χ3v) is 3.42. The Morgan fingerprint density at radius 1 is 1.35 bits per heavy atom. The molecule has 0 aliphatic heterocycles.